The topological polar surface area (TPSA) is 86.4 Å². The van der Waals surface area contributed by atoms with Crippen molar-refractivity contribution in [2.24, 2.45) is 7.05 Å². The minimum absolute atomic E-state index is 0.120. The summed E-state index contributed by atoms with van der Waals surface area (Å²) >= 11 is 0. The molecule has 2 rings (SSSR count). The Hall–Kier alpha value is -2.44. The molecule has 0 amide bonds. The zero-order valence-corrected chi connectivity index (χ0v) is 11.1. The van der Waals surface area contributed by atoms with Crippen LogP contribution >= 0.6 is 0 Å². The van der Waals surface area contributed by atoms with Gasteiger partial charge >= 0.3 is 0 Å². The van der Waals surface area contributed by atoms with E-state index in [-0.39, 0.29) is 11.5 Å². The van der Waals surface area contributed by atoms with Gasteiger partial charge in [-0.05, 0) is 6.07 Å². The lowest BCUT2D eigenvalue weighted by atomic mass is 10.2. The SMILES string of the molecule is CN(C)c1nnc(NCc2cccc(O)c2O)n1C. The van der Waals surface area contributed by atoms with E-state index in [1.54, 1.807) is 16.7 Å². The van der Waals surface area contributed by atoms with E-state index in [0.717, 1.165) is 5.95 Å². The standard InChI is InChI=1S/C12H17N5O2/c1-16(2)12-15-14-11(17(12)3)13-7-8-5-4-6-9(18)10(8)19/h4-6,18-19H,7H2,1-3H3,(H,13,14). The maximum atomic E-state index is 9.70. The van der Waals surface area contributed by atoms with Crippen molar-refractivity contribution in [3.63, 3.8) is 0 Å². The van der Waals surface area contributed by atoms with Crippen LogP contribution in [-0.4, -0.2) is 39.1 Å². The maximum Gasteiger partial charge on any atom is 0.227 e. The number of hydrogen-bond donors (Lipinski definition) is 3. The van der Waals surface area contributed by atoms with E-state index in [0.29, 0.717) is 18.1 Å². The van der Waals surface area contributed by atoms with Gasteiger partial charge in [-0.15, -0.1) is 10.2 Å². The number of benzene rings is 1. The Balaban J connectivity index is 2.13. The molecule has 1 heterocycles. The third-order valence-electron chi connectivity index (χ3n) is 2.79. The van der Waals surface area contributed by atoms with Gasteiger partial charge in [0.2, 0.25) is 11.9 Å². The summed E-state index contributed by atoms with van der Waals surface area (Å²) in [5.74, 6) is 1.06. The van der Waals surface area contributed by atoms with E-state index in [9.17, 15) is 10.2 Å². The minimum Gasteiger partial charge on any atom is -0.504 e. The second-order valence-electron chi connectivity index (χ2n) is 4.42. The molecule has 0 aliphatic rings. The number of phenols is 2. The summed E-state index contributed by atoms with van der Waals surface area (Å²) in [6.45, 7) is 0.347. The number of nitrogens with zero attached hydrogens (tertiary/aromatic N) is 4. The first kappa shape index (κ1) is 13.0. The van der Waals surface area contributed by atoms with E-state index in [1.165, 1.54) is 6.07 Å². The van der Waals surface area contributed by atoms with Crippen molar-refractivity contribution in [3.05, 3.63) is 23.8 Å². The Bertz CT molecular complexity index is 579. The number of para-hydroxylation sites is 1. The number of rotatable bonds is 4. The Labute approximate surface area is 111 Å². The van der Waals surface area contributed by atoms with Crippen LogP contribution in [0.15, 0.2) is 18.2 Å². The molecule has 0 aliphatic carbocycles. The van der Waals surface area contributed by atoms with E-state index >= 15 is 0 Å². The van der Waals surface area contributed by atoms with Crippen molar-refractivity contribution in [2.75, 3.05) is 24.3 Å². The van der Waals surface area contributed by atoms with Gasteiger partial charge < -0.3 is 20.4 Å². The normalized spacial score (nSPS) is 10.5. The summed E-state index contributed by atoms with van der Waals surface area (Å²) in [5, 5.41) is 30.2. The predicted octanol–water partition coefficient (Wildman–Crippen LogP) is 0.904. The predicted molar refractivity (Wildman–Crippen MR) is 72.4 cm³/mol. The summed E-state index contributed by atoms with van der Waals surface area (Å²) in [4.78, 5) is 1.85. The maximum absolute atomic E-state index is 9.70. The van der Waals surface area contributed by atoms with E-state index < -0.39 is 0 Å². The van der Waals surface area contributed by atoms with Crippen LogP contribution in [0.5, 0.6) is 11.5 Å². The number of aromatic hydroxyl groups is 2. The molecule has 0 atom stereocenters. The van der Waals surface area contributed by atoms with Gasteiger partial charge in [-0.3, -0.25) is 4.57 Å². The first-order valence-corrected chi connectivity index (χ1v) is 5.81. The quantitative estimate of drug-likeness (QED) is 0.711. The molecule has 1 aromatic carbocycles. The molecule has 0 unspecified atom stereocenters. The highest BCUT2D eigenvalue weighted by molar-refractivity contribution is 5.46. The van der Waals surface area contributed by atoms with Crippen LogP contribution in [0.25, 0.3) is 0 Å². The lowest BCUT2D eigenvalue weighted by Gasteiger charge is -2.12. The molecule has 1 aromatic heterocycles. The van der Waals surface area contributed by atoms with Crippen molar-refractivity contribution in [1.29, 1.82) is 0 Å². The summed E-state index contributed by atoms with van der Waals surface area (Å²) in [6, 6.07) is 4.84. The number of phenolic OH excluding ortho intramolecular Hbond substituents is 2. The molecule has 19 heavy (non-hydrogen) atoms. The van der Waals surface area contributed by atoms with Gasteiger partial charge in [-0.25, -0.2) is 0 Å². The van der Waals surface area contributed by atoms with Crippen LogP contribution in [0.1, 0.15) is 5.56 Å². The van der Waals surface area contributed by atoms with Gasteiger partial charge in [0, 0.05) is 33.3 Å². The van der Waals surface area contributed by atoms with Gasteiger partial charge in [-0.2, -0.15) is 0 Å². The average Bonchev–Trinajstić information content (AvgIpc) is 2.73. The summed E-state index contributed by atoms with van der Waals surface area (Å²) in [6.07, 6.45) is 0. The van der Waals surface area contributed by atoms with Crippen LogP contribution in [0.3, 0.4) is 0 Å². The van der Waals surface area contributed by atoms with E-state index in [4.69, 9.17) is 0 Å². The lowest BCUT2D eigenvalue weighted by molar-refractivity contribution is 0.400. The van der Waals surface area contributed by atoms with E-state index in [2.05, 4.69) is 15.5 Å². The molecule has 0 saturated heterocycles. The fourth-order valence-electron chi connectivity index (χ4n) is 1.76. The zero-order valence-electron chi connectivity index (χ0n) is 11.1. The van der Waals surface area contributed by atoms with Gasteiger partial charge in [0.05, 0.1) is 0 Å². The van der Waals surface area contributed by atoms with Crippen molar-refractivity contribution in [1.82, 2.24) is 14.8 Å². The molecule has 0 radical (unpaired) electrons. The Morgan fingerprint density at radius 3 is 2.63 bits per heavy atom. The van der Waals surface area contributed by atoms with Crippen LogP contribution in [-0.2, 0) is 13.6 Å². The number of anilines is 2. The highest BCUT2D eigenvalue weighted by atomic mass is 16.3. The number of nitrogens with one attached hydrogen (secondary N) is 1. The van der Waals surface area contributed by atoms with Gasteiger partial charge in [-0.1, -0.05) is 12.1 Å². The molecular weight excluding hydrogens is 246 g/mol. The third kappa shape index (κ3) is 2.54. The van der Waals surface area contributed by atoms with Crippen LogP contribution in [0.2, 0.25) is 0 Å². The number of aromatic nitrogens is 3. The van der Waals surface area contributed by atoms with Gasteiger partial charge in [0.1, 0.15) is 0 Å². The largest absolute Gasteiger partial charge is 0.504 e. The second kappa shape index (κ2) is 5.05. The van der Waals surface area contributed by atoms with Gasteiger partial charge in [0.25, 0.3) is 0 Å². The van der Waals surface area contributed by atoms with Crippen molar-refractivity contribution in [2.45, 2.75) is 6.54 Å². The molecule has 0 bridgehead atoms. The molecule has 0 saturated carbocycles. The first-order valence-electron chi connectivity index (χ1n) is 5.81. The Morgan fingerprint density at radius 1 is 1.26 bits per heavy atom. The highest BCUT2D eigenvalue weighted by Crippen LogP contribution is 2.28. The van der Waals surface area contributed by atoms with Crippen LogP contribution in [0.4, 0.5) is 11.9 Å². The fraction of sp³-hybridized carbons (Fsp3) is 0.333. The Kier molecular flexibility index (Phi) is 3.46. The molecule has 0 spiro atoms. The lowest BCUT2D eigenvalue weighted by Crippen LogP contribution is -2.14. The Morgan fingerprint density at radius 2 is 2.00 bits per heavy atom. The van der Waals surface area contributed by atoms with Crippen molar-refractivity contribution < 1.29 is 10.2 Å². The summed E-state index contributed by atoms with van der Waals surface area (Å²) in [5.41, 5.74) is 0.592. The summed E-state index contributed by atoms with van der Waals surface area (Å²) < 4.78 is 1.81. The molecule has 102 valence electrons. The molecule has 3 N–H and O–H groups in total. The smallest absolute Gasteiger partial charge is 0.227 e. The van der Waals surface area contributed by atoms with Crippen LogP contribution in [0, 0.1) is 0 Å². The molecule has 2 aromatic rings. The third-order valence-corrected chi connectivity index (χ3v) is 2.79. The van der Waals surface area contributed by atoms with E-state index in [1.807, 2.05) is 26.0 Å². The van der Waals surface area contributed by atoms with Gasteiger partial charge in [0.15, 0.2) is 11.5 Å². The second-order valence-corrected chi connectivity index (χ2v) is 4.42. The molecule has 7 heteroatoms. The molecule has 0 aliphatic heterocycles. The van der Waals surface area contributed by atoms with Crippen molar-refractivity contribution >= 4 is 11.9 Å². The monoisotopic (exact) mass is 263 g/mol. The minimum atomic E-state index is -0.133. The molecular formula is C12H17N5O2. The zero-order chi connectivity index (χ0) is 14.0. The number of hydrogen-bond acceptors (Lipinski definition) is 6. The molecule has 7 nitrogen and oxygen atoms in total. The van der Waals surface area contributed by atoms with Crippen LogP contribution < -0.4 is 10.2 Å². The highest BCUT2D eigenvalue weighted by Gasteiger charge is 2.11. The fourth-order valence-corrected chi connectivity index (χ4v) is 1.76. The summed E-state index contributed by atoms with van der Waals surface area (Å²) in [7, 11) is 5.61. The van der Waals surface area contributed by atoms with Crippen molar-refractivity contribution in [3.8, 4) is 11.5 Å². The molecule has 0 fully saturated rings. The average molecular weight is 263 g/mol. The first-order chi connectivity index (χ1) is 9.00.